The molecule has 3 amide bonds. The minimum absolute atomic E-state index is 0.0484. The molecule has 5 heterocycles. The third-order valence-electron chi connectivity index (χ3n) is 14.7. The maximum absolute atomic E-state index is 14.1. The number of piperidine rings is 1. The number of aryl methyl sites for hydroxylation is 1. The first-order valence-corrected chi connectivity index (χ1v) is 25.9. The van der Waals surface area contributed by atoms with E-state index >= 15 is 0 Å². The lowest BCUT2D eigenvalue weighted by atomic mass is 9.84. The number of carbonyl (C=O) groups is 4. The summed E-state index contributed by atoms with van der Waals surface area (Å²) in [5, 5.41) is 5.63. The standard InChI is InChI=1S/C55H82N8O8/c1-13-45(57-51(65)44(37(3)4)35-70-40-22-27-61(28-23-40)48(64)21-24-55(8,9)59(10)11)52(66)63-26-16-18-46(58-63)53(67)71-36-54(6,7)34-43-42-33-39(60-29-31-69-32-30-60)19-20-47(42)62(14-2)50(43)41-17-15-25-56-49(41)38(5)68-12/h15,17,19-20,25,33,37-38,40,44-46,58H,13-14,16,18,22-23,26-32,34-36H2,1-12H3,(H,57,65)/t38-,44-,45-,46-/m0/s1. The molecule has 0 aliphatic carbocycles. The molecule has 3 aliphatic heterocycles. The van der Waals surface area contributed by atoms with Gasteiger partial charge in [0.1, 0.15) is 12.1 Å². The first-order valence-electron chi connectivity index (χ1n) is 25.9. The van der Waals surface area contributed by atoms with Crippen molar-refractivity contribution in [1.29, 1.82) is 0 Å². The minimum atomic E-state index is -0.798. The number of pyridine rings is 1. The molecule has 3 aromatic rings. The van der Waals surface area contributed by atoms with Crippen molar-refractivity contribution in [2.75, 3.05) is 85.3 Å². The molecule has 2 N–H and O–H groups in total. The summed E-state index contributed by atoms with van der Waals surface area (Å²) in [6, 6.07) is 9.28. The van der Waals surface area contributed by atoms with E-state index in [0.717, 1.165) is 58.7 Å². The van der Waals surface area contributed by atoms with Gasteiger partial charge in [-0.05, 0) is 128 Å². The number of methoxy groups -OCH3 is 1. The van der Waals surface area contributed by atoms with Crippen molar-refractivity contribution in [3.05, 3.63) is 47.8 Å². The van der Waals surface area contributed by atoms with E-state index < -0.39 is 34.9 Å². The number of rotatable bonds is 19. The molecular weight excluding hydrogens is 901 g/mol. The zero-order valence-electron chi connectivity index (χ0n) is 44.7. The molecule has 0 spiro atoms. The number of nitrogens with zero attached hydrogens (tertiary/aromatic N) is 6. The van der Waals surface area contributed by atoms with Gasteiger partial charge in [-0.1, -0.05) is 40.5 Å². The average Bonchev–Trinajstić information content (AvgIpc) is 3.67. The molecule has 1 aromatic carbocycles. The highest BCUT2D eigenvalue weighted by molar-refractivity contribution is 5.95. The fourth-order valence-electron chi connectivity index (χ4n) is 9.55. The second-order valence-electron chi connectivity index (χ2n) is 21.3. The second kappa shape index (κ2) is 24.6. The van der Waals surface area contributed by atoms with Gasteiger partial charge in [0.2, 0.25) is 5.91 Å². The number of morpholine rings is 1. The second-order valence-corrected chi connectivity index (χ2v) is 21.3. The topological polar surface area (TPSA) is 160 Å². The Morgan fingerprint density at radius 3 is 2.35 bits per heavy atom. The van der Waals surface area contributed by atoms with E-state index in [-0.39, 0.29) is 49.1 Å². The van der Waals surface area contributed by atoms with Gasteiger partial charge in [0.15, 0.2) is 0 Å². The smallest absolute Gasteiger partial charge is 0.324 e. The number of carbonyl (C=O) groups excluding carboxylic acids is 4. The van der Waals surface area contributed by atoms with Crippen molar-refractivity contribution < 1.29 is 38.1 Å². The maximum atomic E-state index is 14.1. The molecular formula is C55H82N8O8. The summed E-state index contributed by atoms with van der Waals surface area (Å²) in [5.74, 6) is 4.19. The lowest BCUT2D eigenvalue weighted by Gasteiger charge is -2.36. The number of nitrogens with one attached hydrogen (secondary N) is 2. The van der Waals surface area contributed by atoms with Crippen LogP contribution >= 0.6 is 0 Å². The molecule has 16 heteroatoms. The van der Waals surface area contributed by atoms with Crippen molar-refractivity contribution in [3.8, 4) is 23.1 Å². The molecule has 6 rings (SSSR count). The van der Waals surface area contributed by atoms with Crippen molar-refractivity contribution >= 4 is 40.3 Å². The molecule has 3 saturated heterocycles. The predicted octanol–water partition coefficient (Wildman–Crippen LogP) is 6.39. The van der Waals surface area contributed by atoms with Crippen molar-refractivity contribution in [1.82, 2.24) is 35.1 Å². The summed E-state index contributed by atoms with van der Waals surface area (Å²) in [4.78, 5) is 65.6. The first-order chi connectivity index (χ1) is 33.8. The lowest BCUT2D eigenvalue weighted by Crippen LogP contribution is -2.60. The van der Waals surface area contributed by atoms with Gasteiger partial charge < -0.3 is 38.6 Å². The molecule has 2 aromatic heterocycles. The van der Waals surface area contributed by atoms with E-state index in [2.05, 4.69) is 77.1 Å². The fourth-order valence-corrected chi connectivity index (χ4v) is 9.55. The molecule has 3 fully saturated rings. The summed E-state index contributed by atoms with van der Waals surface area (Å²) in [7, 11) is 5.57. The highest BCUT2D eigenvalue weighted by atomic mass is 16.5. The Morgan fingerprint density at radius 2 is 1.70 bits per heavy atom. The Balaban J connectivity index is 1.08. The molecule has 0 unspecified atom stereocenters. The van der Waals surface area contributed by atoms with Crippen LogP contribution in [-0.2, 0) is 51.1 Å². The quantitative estimate of drug-likeness (QED) is 0.101. The van der Waals surface area contributed by atoms with Gasteiger partial charge in [-0.15, -0.1) is 0 Å². The Morgan fingerprint density at radius 1 is 0.986 bits per heavy atom. The highest BCUT2D eigenvalue weighted by Gasteiger charge is 2.36. The number of benzene rings is 1. The Bertz CT molecular complexity index is 2370. The van der Waals surface area contributed by atoms with Crippen molar-refractivity contribution in [2.24, 2.45) is 17.3 Å². The summed E-state index contributed by atoms with van der Waals surface area (Å²) >= 11 is 0. The lowest BCUT2D eigenvalue weighted by molar-refractivity contribution is -0.155. The van der Waals surface area contributed by atoms with E-state index in [0.29, 0.717) is 71.4 Å². The monoisotopic (exact) mass is 983 g/mol. The average molecular weight is 983 g/mol. The van der Waals surface area contributed by atoms with Crippen LogP contribution in [0.3, 0.4) is 0 Å². The number of aromatic nitrogens is 2. The zero-order valence-corrected chi connectivity index (χ0v) is 44.7. The number of fused-ring (bicyclic) bond motifs is 1. The number of esters is 1. The summed E-state index contributed by atoms with van der Waals surface area (Å²) in [6.07, 6.45) is 4.86. The van der Waals surface area contributed by atoms with Gasteiger partial charge in [-0.2, -0.15) is 0 Å². The highest BCUT2D eigenvalue weighted by Crippen LogP contribution is 2.42. The molecule has 0 radical (unpaired) electrons. The predicted molar refractivity (Wildman–Crippen MR) is 277 cm³/mol. The van der Waals surface area contributed by atoms with E-state index in [1.54, 1.807) is 12.0 Å². The van der Waals surface area contributed by atoms with Crippen LogP contribution in [0.2, 0.25) is 0 Å². The van der Waals surface area contributed by atoms with Crippen LogP contribution < -0.4 is 15.6 Å². The summed E-state index contributed by atoms with van der Waals surface area (Å²) in [5.41, 5.74) is 8.64. The normalized spacial score (nSPS) is 18.6. The van der Waals surface area contributed by atoms with E-state index in [1.165, 1.54) is 5.01 Å². The van der Waals surface area contributed by atoms with Crippen LogP contribution in [0.25, 0.3) is 22.2 Å². The molecule has 390 valence electrons. The van der Waals surface area contributed by atoms with Gasteiger partial charge in [0, 0.05) is 80.1 Å². The van der Waals surface area contributed by atoms with Crippen LogP contribution in [-0.4, -0.2) is 152 Å². The van der Waals surface area contributed by atoms with Gasteiger partial charge in [-0.25, -0.2) is 5.43 Å². The molecule has 3 aliphatic rings. The number of hydrogen-bond acceptors (Lipinski definition) is 12. The molecule has 71 heavy (non-hydrogen) atoms. The third kappa shape index (κ3) is 13.7. The molecule has 0 saturated carbocycles. The first kappa shape index (κ1) is 55.3. The largest absolute Gasteiger partial charge is 0.464 e. The van der Waals surface area contributed by atoms with Gasteiger partial charge in [0.05, 0.1) is 61.5 Å². The van der Waals surface area contributed by atoms with Crippen molar-refractivity contribution in [2.45, 2.75) is 137 Å². The third-order valence-corrected chi connectivity index (χ3v) is 14.7. The van der Waals surface area contributed by atoms with E-state index in [4.69, 9.17) is 23.9 Å². The Kier molecular flexibility index (Phi) is 19.1. The van der Waals surface area contributed by atoms with Crippen LogP contribution in [0, 0.1) is 29.1 Å². The fraction of sp³-hybridized carbons (Fsp3) is 0.655. The zero-order chi connectivity index (χ0) is 51.6. The van der Waals surface area contributed by atoms with Crippen LogP contribution in [0.4, 0.5) is 5.69 Å². The summed E-state index contributed by atoms with van der Waals surface area (Å²) < 4.78 is 26.3. The SMILES string of the molecule is CC[C@H](NC(=O)[C@@H](COC1CCN(C(=O)C#CC(C)(C)N(C)C)CC1)C(C)C)C(=O)N1CCC[C@@H](C(=O)OCC(C)(C)Cc2c(-c3cccnc3[C@H](C)OC)n(CC)c3ccc(N4CCOCC4)cc23)N1. The van der Waals surface area contributed by atoms with Crippen LogP contribution in [0.1, 0.15) is 112 Å². The van der Waals surface area contributed by atoms with E-state index in [1.807, 2.05) is 72.8 Å². The van der Waals surface area contributed by atoms with Crippen LogP contribution in [0.5, 0.6) is 0 Å². The number of likely N-dealkylation sites (tertiary alicyclic amines) is 1. The Hall–Kier alpha value is -5.05. The van der Waals surface area contributed by atoms with E-state index in [9.17, 15) is 19.2 Å². The Labute approximate surface area is 422 Å². The molecule has 16 nitrogen and oxygen atoms in total. The number of hydrazine groups is 1. The number of anilines is 1. The minimum Gasteiger partial charge on any atom is -0.464 e. The van der Waals surface area contributed by atoms with Gasteiger partial charge in [-0.3, -0.25) is 34.1 Å². The van der Waals surface area contributed by atoms with Crippen LogP contribution in [0.15, 0.2) is 36.5 Å². The summed E-state index contributed by atoms with van der Waals surface area (Å²) in [6.45, 7) is 23.8. The van der Waals surface area contributed by atoms with Gasteiger partial charge in [0.25, 0.3) is 11.8 Å². The number of amides is 3. The molecule has 4 atom stereocenters. The number of hydrogen-bond donors (Lipinski definition) is 2. The molecule has 0 bridgehead atoms. The maximum Gasteiger partial charge on any atom is 0.324 e. The van der Waals surface area contributed by atoms with Gasteiger partial charge >= 0.3 is 5.97 Å². The van der Waals surface area contributed by atoms with Crippen molar-refractivity contribution in [3.63, 3.8) is 0 Å². The number of ether oxygens (including phenoxy) is 4.